The fraction of sp³-hybridized carbons (Fsp3) is 0.200. The van der Waals surface area contributed by atoms with Crippen molar-refractivity contribution in [3.63, 3.8) is 0 Å². The summed E-state index contributed by atoms with van der Waals surface area (Å²) >= 11 is 12.1. The van der Waals surface area contributed by atoms with Gasteiger partial charge in [-0.25, -0.2) is 9.98 Å². The normalized spacial score (nSPS) is 14.8. The summed E-state index contributed by atoms with van der Waals surface area (Å²) in [5.74, 6) is 0.749. The first-order valence-corrected chi connectivity index (χ1v) is 17.0. The molecular formula is C30H27Br2ClN2Ni. The van der Waals surface area contributed by atoms with E-state index >= 15 is 0 Å². The van der Waals surface area contributed by atoms with Crippen LogP contribution in [-0.4, -0.2) is 11.4 Å². The molecule has 0 saturated carbocycles. The summed E-state index contributed by atoms with van der Waals surface area (Å²) in [6.45, 7) is 8.93. The quantitative estimate of drug-likeness (QED) is 0.193. The molecule has 0 atom stereocenters. The molecule has 1 aliphatic carbocycles. The number of aliphatic imine (C=N–C) groups is 2. The van der Waals surface area contributed by atoms with Crippen LogP contribution in [0, 0.1) is 0 Å². The molecule has 0 N–H and O–H groups in total. The summed E-state index contributed by atoms with van der Waals surface area (Å²) in [6, 6.07) is 27.1. The van der Waals surface area contributed by atoms with Gasteiger partial charge in [0.25, 0.3) is 0 Å². The molecule has 2 nitrogen and oxygen atoms in total. The molecule has 0 heterocycles. The Morgan fingerprint density at radius 3 is 1.64 bits per heavy atom. The summed E-state index contributed by atoms with van der Waals surface area (Å²) in [6.07, 6.45) is 0. The van der Waals surface area contributed by atoms with Gasteiger partial charge < -0.3 is 0 Å². The van der Waals surface area contributed by atoms with Crippen molar-refractivity contribution < 1.29 is 10.9 Å². The first-order chi connectivity index (χ1) is 17.3. The van der Waals surface area contributed by atoms with Gasteiger partial charge in [-0.15, -0.1) is 0 Å². The van der Waals surface area contributed by atoms with Gasteiger partial charge in [-0.3, -0.25) is 0 Å². The van der Waals surface area contributed by atoms with Gasteiger partial charge in [-0.1, -0.05) is 93.9 Å². The molecule has 1 aliphatic rings. The number of benzene rings is 4. The van der Waals surface area contributed by atoms with Crippen molar-refractivity contribution in [2.24, 2.45) is 9.98 Å². The molecule has 36 heavy (non-hydrogen) atoms. The molecule has 0 fully saturated rings. The second kappa shape index (κ2) is 12.2. The van der Waals surface area contributed by atoms with Crippen LogP contribution in [0.2, 0.25) is 5.02 Å². The van der Waals surface area contributed by atoms with Gasteiger partial charge >= 0.3 is 39.3 Å². The second-order valence-corrected chi connectivity index (χ2v) is 14.7. The van der Waals surface area contributed by atoms with E-state index in [1.807, 2.05) is 24.3 Å². The van der Waals surface area contributed by atoms with Crippen LogP contribution < -0.4 is 0 Å². The van der Waals surface area contributed by atoms with Gasteiger partial charge in [0.05, 0.1) is 22.8 Å². The molecule has 4 aromatic rings. The summed E-state index contributed by atoms with van der Waals surface area (Å²) in [4.78, 5) is 10.5. The SMILES string of the molecule is CC(C)c1cccc(C(C)C)c1N=C1C(=Nc2ccc(Cl)cc2)c2cccc3cccc1c23.[Br][Ni][Br]. The van der Waals surface area contributed by atoms with Crippen LogP contribution in [0.4, 0.5) is 11.4 Å². The van der Waals surface area contributed by atoms with Crippen LogP contribution >= 0.6 is 40.1 Å². The Morgan fingerprint density at radius 1 is 0.667 bits per heavy atom. The van der Waals surface area contributed by atoms with Crippen molar-refractivity contribution in [3.8, 4) is 0 Å². The first-order valence-electron chi connectivity index (χ1n) is 11.8. The molecule has 188 valence electrons. The van der Waals surface area contributed by atoms with Crippen LogP contribution in [0.1, 0.15) is 61.8 Å². The fourth-order valence-corrected chi connectivity index (χ4v) is 4.74. The van der Waals surface area contributed by atoms with E-state index in [4.69, 9.17) is 21.6 Å². The molecule has 0 bridgehead atoms. The Balaban J connectivity index is 0.000000967. The third kappa shape index (κ3) is 5.70. The fourth-order valence-electron chi connectivity index (χ4n) is 4.61. The minimum atomic E-state index is 0.374. The Morgan fingerprint density at radius 2 is 1.14 bits per heavy atom. The molecule has 0 radical (unpaired) electrons. The molecule has 0 amide bonds. The first kappa shape index (κ1) is 27.3. The van der Waals surface area contributed by atoms with Crippen LogP contribution in [-0.2, 0) is 10.9 Å². The van der Waals surface area contributed by atoms with Gasteiger partial charge in [0, 0.05) is 21.5 Å². The molecule has 5 rings (SSSR count). The van der Waals surface area contributed by atoms with Crippen LogP contribution in [0.15, 0.2) is 88.8 Å². The third-order valence-corrected chi connectivity index (χ3v) is 6.52. The molecule has 4 aromatic carbocycles. The summed E-state index contributed by atoms with van der Waals surface area (Å²) in [5, 5.41) is 3.14. The van der Waals surface area contributed by atoms with E-state index in [-0.39, 0.29) is 0 Å². The Labute approximate surface area is 238 Å². The molecule has 0 aliphatic heterocycles. The summed E-state index contributed by atoms with van der Waals surface area (Å²) in [5.41, 5.74) is 8.60. The number of para-hydroxylation sites is 1. The maximum absolute atomic E-state index is 6.12. The molecule has 0 aromatic heterocycles. The zero-order valence-corrected chi connectivity index (χ0v) is 25.4. The van der Waals surface area contributed by atoms with Crippen molar-refractivity contribution in [3.05, 3.63) is 106 Å². The van der Waals surface area contributed by atoms with Gasteiger partial charge in [0.2, 0.25) is 0 Å². The maximum atomic E-state index is 6.12. The second-order valence-electron chi connectivity index (χ2n) is 9.25. The molecular weight excluding hydrogens is 642 g/mol. The van der Waals surface area contributed by atoms with Crippen molar-refractivity contribution in [2.75, 3.05) is 0 Å². The van der Waals surface area contributed by atoms with E-state index in [1.165, 1.54) is 32.8 Å². The average molecular weight is 670 g/mol. The zero-order chi connectivity index (χ0) is 25.8. The van der Waals surface area contributed by atoms with Crippen LogP contribution in [0.25, 0.3) is 10.8 Å². The molecule has 0 spiro atoms. The number of nitrogens with zero attached hydrogens (tertiary/aromatic N) is 2. The Bertz CT molecular complexity index is 1410. The molecule has 0 saturated heterocycles. The average Bonchev–Trinajstić information content (AvgIpc) is 3.15. The number of rotatable bonds is 4. The summed E-state index contributed by atoms with van der Waals surface area (Å²) in [7, 11) is 1.25. The Kier molecular flexibility index (Phi) is 9.22. The number of hydrogen-bond acceptors (Lipinski definition) is 2. The number of halogens is 3. The van der Waals surface area contributed by atoms with E-state index in [9.17, 15) is 0 Å². The monoisotopic (exact) mass is 666 g/mol. The molecule has 0 unspecified atom stereocenters. The topological polar surface area (TPSA) is 24.7 Å². The predicted molar refractivity (Wildman–Crippen MR) is 160 cm³/mol. The minimum absolute atomic E-state index is 0.374. The van der Waals surface area contributed by atoms with Crippen molar-refractivity contribution in [1.29, 1.82) is 0 Å². The van der Waals surface area contributed by atoms with E-state index in [0.717, 1.165) is 33.9 Å². The van der Waals surface area contributed by atoms with Crippen molar-refractivity contribution in [2.45, 2.75) is 39.5 Å². The predicted octanol–water partition coefficient (Wildman–Crippen LogP) is 10.7. The Hall–Kier alpha value is -1.78. The van der Waals surface area contributed by atoms with Crippen molar-refractivity contribution >= 4 is 73.6 Å². The summed E-state index contributed by atoms with van der Waals surface area (Å²) < 4.78 is 0. The van der Waals surface area contributed by atoms with Gasteiger partial charge in [0.15, 0.2) is 0 Å². The number of hydrogen-bond donors (Lipinski definition) is 0. The van der Waals surface area contributed by atoms with Crippen LogP contribution in [0.5, 0.6) is 0 Å². The van der Waals surface area contributed by atoms with Gasteiger partial charge in [-0.05, 0) is 52.6 Å². The standard InChI is InChI=1S/C30H27ClN2.2BrH.Ni/c1-18(2)23-10-7-11-24(19(3)4)28(23)33-30-26-13-6-9-20-8-5-12-25(27(20)26)29(30)32-22-16-14-21(31)15-17-22;;;/h5-19H,1-4H3;2*1H;/q;;;+2/p-2. The van der Waals surface area contributed by atoms with Gasteiger partial charge in [-0.2, -0.15) is 0 Å². The molecule has 6 heteroatoms. The van der Waals surface area contributed by atoms with Gasteiger partial charge in [0.1, 0.15) is 0 Å². The van der Waals surface area contributed by atoms with E-state index in [1.54, 1.807) is 0 Å². The van der Waals surface area contributed by atoms with Crippen LogP contribution in [0.3, 0.4) is 0 Å². The van der Waals surface area contributed by atoms with Crippen molar-refractivity contribution in [1.82, 2.24) is 0 Å². The van der Waals surface area contributed by atoms with E-state index in [0.29, 0.717) is 16.9 Å². The van der Waals surface area contributed by atoms with E-state index < -0.39 is 0 Å². The van der Waals surface area contributed by atoms with E-state index in [2.05, 4.69) is 111 Å². The third-order valence-electron chi connectivity index (χ3n) is 6.27. The zero-order valence-electron chi connectivity index (χ0n) is 20.5.